The first-order valence-corrected chi connectivity index (χ1v) is 21.0. The zero-order chi connectivity index (χ0) is 50.2. The normalized spacial score (nSPS) is 11.3. The first-order chi connectivity index (χ1) is 30.2. The van der Waals surface area contributed by atoms with Gasteiger partial charge in [-0.2, -0.15) is 0 Å². The van der Waals surface area contributed by atoms with Gasteiger partial charge in [0.15, 0.2) is 0 Å². The quantitative estimate of drug-likeness (QED) is 0.0394. The van der Waals surface area contributed by atoms with Crippen LogP contribution in [0.25, 0.3) is 0 Å². The Morgan fingerprint density at radius 3 is 0.769 bits per heavy atom. The number of nitrogens with one attached hydrogen (secondary N) is 3. The summed E-state index contributed by atoms with van der Waals surface area (Å²) in [6.07, 6.45) is -2.26. The molecule has 0 bridgehead atoms. The van der Waals surface area contributed by atoms with Crippen LogP contribution < -0.4 is 16.0 Å². The van der Waals surface area contributed by atoms with Gasteiger partial charge in [-0.25, -0.2) is 0 Å². The molecule has 0 heterocycles. The lowest BCUT2D eigenvalue weighted by atomic mass is 9.83. The van der Waals surface area contributed by atoms with Gasteiger partial charge in [0.25, 0.3) is 0 Å². The number of carbonyl (C=O) groups is 12. The van der Waals surface area contributed by atoms with Gasteiger partial charge < -0.3 is 61.9 Å². The summed E-state index contributed by atoms with van der Waals surface area (Å²) >= 11 is 0. The van der Waals surface area contributed by atoms with Crippen LogP contribution in [-0.4, -0.2) is 135 Å². The van der Waals surface area contributed by atoms with Crippen LogP contribution in [0.5, 0.6) is 0 Å². The maximum atomic E-state index is 13.0. The lowest BCUT2D eigenvalue weighted by molar-refractivity contribution is -0.141. The summed E-state index contributed by atoms with van der Waals surface area (Å²) in [6.45, 7) is 1.90. The van der Waals surface area contributed by atoms with E-state index < -0.39 is 121 Å². The molecule has 0 radical (unpaired) electrons. The first-order valence-electron chi connectivity index (χ1n) is 21.0. The van der Waals surface area contributed by atoms with Crippen molar-refractivity contribution in [2.45, 2.75) is 178 Å². The minimum absolute atomic E-state index is 0.0123. The van der Waals surface area contributed by atoms with Gasteiger partial charge in [0.05, 0.1) is 0 Å². The molecule has 24 nitrogen and oxygen atoms in total. The molecule has 0 aliphatic rings. The zero-order valence-corrected chi connectivity index (χ0v) is 36.5. The van der Waals surface area contributed by atoms with Crippen LogP contribution in [0.3, 0.4) is 0 Å². The number of carbonyl (C=O) groups excluding carboxylic acids is 3. The summed E-state index contributed by atoms with van der Waals surface area (Å²) in [5, 5.41) is 88.9. The second-order valence-corrected chi connectivity index (χ2v) is 16.0. The van der Waals surface area contributed by atoms with Gasteiger partial charge in [-0.1, -0.05) is 19.8 Å². The topological polar surface area (TPSA) is 423 Å². The Hall–Kier alpha value is -6.36. The molecule has 0 aliphatic carbocycles. The molecule has 24 heteroatoms. The van der Waals surface area contributed by atoms with Crippen LogP contribution in [0.4, 0.5) is 0 Å². The summed E-state index contributed by atoms with van der Waals surface area (Å²) in [5.74, 6) is -11.6. The zero-order valence-electron chi connectivity index (χ0n) is 36.5. The fourth-order valence-corrected chi connectivity index (χ4v) is 7.19. The van der Waals surface area contributed by atoms with Crippen molar-refractivity contribution < 1.29 is 103 Å². The molecule has 0 spiro atoms. The molecular weight excluding hydrogens is 870 g/mol. The lowest BCUT2D eigenvalue weighted by Gasteiger charge is -2.35. The third-order valence-electron chi connectivity index (χ3n) is 10.8. The second kappa shape index (κ2) is 32.3. The Labute approximate surface area is 374 Å². The minimum atomic E-state index is -1.36. The minimum Gasteiger partial charge on any atom is -0.481 e. The van der Waals surface area contributed by atoms with Crippen molar-refractivity contribution >= 4 is 71.9 Å². The largest absolute Gasteiger partial charge is 0.481 e. The van der Waals surface area contributed by atoms with Crippen LogP contribution in [0.1, 0.15) is 161 Å². The van der Waals surface area contributed by atoms with Gasteiger partial charge in [0.2, 0.25) is 18.2 Å². The Morgan fingerprint density at radius 2 is 0.585 bits per heavy atom. The molecule has 0 aromatic carbocycles. The molecule has 0 aromatic heterocycles. The number of aliphatic carboxylic acids is 9. The van der Waals surface area contributed by atoms with E-state index in [1.54, 1.807) is 0 Å². The molecule has 0 unspecified atom stereocenters. The molecule has 3 amide bonds. The van der Waals surface area contributed by atoms with E-state index in [1.807, 2.05) is 6.92 Å². The predicted molar refractivity (Wildman–Crippen MR) is 222 cm³/mol. The highest BCUT2D eigenvalue weighted by Gasteiger charge is 2.36. The molecule has 65 heavy (non-hydrogen) atoms. The number of hydrogen-bond acceptors (Lipinski definition) is 12. The van der Waals surface area contributed by atoms with E-state index in [1.165, 1.54) is 0 Å². The standard InChI is InChI=1S/C30H48N2O14.C11H17NO7/c1-2-3-20(4-6-21(33)31-29(14-8-23(35)36,15-9-24(37)38)16-10-25(39)40)5-7-22(34)32-30(17-11-26(41)42,18-12-27(43)44)19-13-28(45)46;13-7-12-11(4-1-8(14)15,5-2-9(16)17)6-3-10(18)19/h20H,2-19H2,1H3,(H,31,33)(H,32,34)(H,35,36)(H,37,38)(H,39,40)(H,41,42)(H,43,44)(H,45,46);7H,1-6H2,(H,12,13)(H,14,15)(H,16,17)(H,18,19). The number of carboxylic acid groups (broad SMARTS) is 9. The van der Waals surface area contributed by atoms with E-state index in [-0.39, 0.29) is 95.8 Å². The summed E-state index contributed by atoms with van der Waals surface area (Å²) in [7, 11) is 0. The molecule has 12 N–H and O–H groups in total. The van der Waals surface area contributed by atoms with Crippen molar-refractivity contribution in [2.24, 2.45) is 5.92 Å². The molecule has 0 fully saturated rings. The average Bonchev–Trinajstić information content (AvgIpc) is 3.20. The summed E-state index contributed by atoms with van der Waals surface area (Å²) < 4.78 is 0. The second-order valence-electron chi connectivity index (χ2n) is 16.0. The highest BCUT2D eigenvalue weighted by Crippen LogP contribution is 2.30. The lowest BCUT2D eigenvalue weighted by Crippen LogP contribution is -2.49. The van der Waals surface area contributed by atoms with E-state index in [0.29, 0.717) is 32.1 Å². The van der Waals surface area contributed by atoms with Crippen molar-refractivity contribution in [2.75, 3.05) is 0 Å². The fraction of sp³-hybridized carbons (Fsp3) is 0.707. The average molecular weight is 936 g/mol. The number of amides is 3. The highest BCUT2D eigenvalue weighted by atomic mass is 16.4. The van der Waals surface area contributed by atoms with E-state index in [0.717, 1.165) is 0 Å². The van der Waals surface area contributed by atoms with Crippen molar-refractivity contribution in [1.82, 2.24) is 16.0 Å². The monoisotopic (exact) mass is 935 g/mol. The maximum Gasteiger partial charge on any atom is 0.303 e. The Kier molecular flexibility index (Phi) is 30.2. The van der Waals surface area contributed by atoms with Crippen molar-refractivity contribution in [1.29, 1.82) is 0 Å². The summed E-state index contributed by atoms with van der Waals surface area (Å²) in [6, 6.07) is 0. The molecule has 0 aromatic rings. The highest BCUT2D eigenvalue weighted by molar-refractivity contribution is 5.79. The Bertz CT molecular complexity index is 1410. The molecule has 0 atom stereocenters. The molecular formula is C41H65N3O21. The maximum absolute atomic E-state index is 13.0. The Balaban J connectivity index is 0. The molecule has 0 aliphatic heterocycles. The third kappa shape index (κ3) is 32.0. The predicted octanol–water partition coefficient (Wildman–Crippen LogP) is 2.93. The van der Waals surface area contributed by atoms with E-state index in [2.05, 4.69) is 16.0 Å². The van der Waals surface area contributed by atoms with Gasteiger partial charge in [0, 0.05) is 87.2 Å². The van der Waals surface area contributed by atoms with Crippen LogP contribution >= 0.6 is 0 Å². The van der Waals surface area contributed by atoms with E-state index in [9.17, 15) is 88.2 Å². The van der Waals surface area contributed by atoms with Gasteiger partial charge in [-0.15, -0.1) is 0 Å². The van der Waals surface area contributed by atoms with Crippen LogP contribution in [-0.2, 0) is 57.5 Å². The number of carboxylic acids is 9. The van der Waals surface area contributed by atoms with Crippen LogP contribution in [0.2, 0.25) is 0 Å². The molecule has 0 rings (SSSR count). The fourth-order valence-electron chi connectivity index (χ4n) is 7.19. The van der Waals surface area contributed by atoms with Gasteiger partial charge in [0.1, 0.15) is 0 Å². The Morgan fingerprint density at radius 1 is 0.369 bits per heavy atom. The van der Waals surface area contributed by atoms with E-state index >= 15 is 0 Å². The number of hydrogen-bond donors (Lipinski definition) is 12. The van der Waals surface area contributed by atoms with Gasteiger partial charge >= 0.3 is 53.7 Å². The smallest absolute Gasteiger partial charge is 0.303 e. The first kappa shape index (κ1) is 60.7. The third-order valence-corrected chi connectivity index (χ3v) is 10.8. The van der Waals surface area contributed by atoms with Crippen molar-refractivity contribution in [3.05, 3.63) is 0 Å². The van der Waals surface area contributed by atoms with Gasteiger partial charge in [-0.05, 0) is 76.5 Å². The van der Waals surface area contributed by atoms with Crippen LogP contribution in [0, 0.1) is 5.92 Å². The van der Waals surface area contributed by atoms with Gasteiger partial charge in [-0.3, -0.25) is 57.5 Å². The van der Waals surface area contributed by atoms with E-state index in [4.69, 9.17) is 15.3 Å². The SMILES string of the molecule is CCCC(CCC(=O)NC(CCC(=O)O)(CCC(=O)O)CCC(=O)O)CCC(=O)NC(CCC(=O)O)(CCC(=O)O)CCC(=O)O.O=CNC(CCC(=O)O)(CCC(=O)O)CCC(=O)O. The van der Waals surface area contributed by atoms with Crippen LogP contribution in [0.15, 0.2) is 0 Å². The summed E-state index contributed by atoms with van der Waals surface area (Å²) in [4.78, 5) is 136. The molecule has 370 valence electrons. The molecule has 0 saturated heterocycles. The molecule has 0 saturated carbocycles. The number of rotatable bonds is 39. The van der Waals surface area contributed by atoms with Crippen molar-refractivity contribution in [3.63, 3.8) is 0 Å². The van der Waals surface area contributed by atoms with Crippen molar-refractivity contribution in [3.8, 4) is 0 Å². The summed E-state index contributed by atoms with van der Waals surface area (Å²) in [5.41, 5.74) is -3.84.